The van der Waals surface area contributed by atoms with Crippen molar-refractivity contribution in [1.82, 2.24) is 0 Å². The number of carbonyl (C=O) groups is 1. The minimum Gasteiger partial charge on any atom is -0.277 e. The Morgan fingerprint density at radius 2 is 2.17 bits per heavy atom. The Hall–Kier alpha value is -1.00. The van der Waals surface area contributed by atoms with Crippen molar-refractivity contribution in [3.63, 3.8) is 0 Å². The second-order valence-electron chi connectivity index (χ2n) is 2.18. The summed E-state index contributed by atoms with van der Waals surface area (Å²) in [5.74, 6) is 5.42. The van der Waals surface area contributed by atoms with E-state index in [1.807, 2.05) is 24.5 Å². The molecule has 0 bridgehead atoms. The predicted molar refractivity (Wildman–Crippen MR) is 51.0 cm³/mol. The second kappa shape index (κ2) is 4.13. The monoisotopic (exact) mass is 182 g/mol. The van der Waals surface area contributed by atoms with Crippen molar-refractivity contribution in [3.05, 3.63) is 24.3 Å². The highest BCUT2D eigenvalue weighted by molar-refractivity contribution is 7.98. The summed E-state index contributed by atoms with van der Waals surface area (Å²) in [5, 5.41) is 1.08. The molecule has 0 radical (unpaired) electrons. The third-order valence-electron chi connectivity index (χ3n) is 1.48. The van der Waals surface area contributed by atoms with Crippen LogP contribution in [0.4, 0.5) is 5.69 Å². The van der Waals surface area contributed by atoms with E-state index in [0.717, 1.165) is 15.6 Å². The molecule has 0 saturated heterocycles. The van der Waals surface area contributed by atoms with Gasteiger partial charge in [0.1, 0.15) is 0 Å². The number of hydrogen-bond donors (Lipinski definition) is 1. The van der Waals surface area contributed by atoms with Gasteiger partial charge in [-0.25, -0.2) is 10.9 Å². The van der Waals surface area contributed by atoms with Crippen molar-refractivity contribution < 1.29 is 4.79 Å². The smallest absolute Gasteiger partial charge is 0.228 e. The highest BCUT2D eigenvalue weighted by atomic mass is 32.2. The maximum atomic E-state index is 10.4. The summed E-state index contributed by atoms with van der Waals surface area (Å²) < 4.78 is 0. The molecule has 0 atom stereocenters. The summed E-state index contributed by atoms with van der Waals surface area (Å²) in [7, 11) is 0. The summed E-state index contributed by atoms with van der Waals surface area (Å²) in [4.78, 5) is 11.4. The molecule has 0 aliphatic rings. The summed E-state index contributed by atoms with van der Waals surface area (Å²) in [5.41, 5.74) is 0.736. The molecule has 1 aromatic carbocycles. The maximum absolute atomic E-state index is 10.4. The van der Waals surface area contributed by atoms with Crippen LogP contribution in [0, 0.1) is 0 Å². The molecule has 1 amide bonds. The number of thioether (sulfide) groups is 1. The first-order valence-corrected chi connectivity index (χ1v) is 4.64. The van der Waals surface area contributed by atoms with E-state index in [4.69, 9.17) is 5.84 Å². The Morgan fingerprint density at radius 1 is 1.50 bits per heavy atom. The lowest BCUT2D eigenvalue weighted by Crippen LogP contribution is -2.29. The fraction of sp³-hybridized carbons (Fsp3) is 0.125. The Labute approximate surface area is 75.5 Å². The van der Waals surface area contributed by atoms with Gasteiger partial charge in [0.2, 0.25) is 6.41 Å². The number of rotatable bonds is 3. The van der Waals surface area contributed by atoms with Crippen molar-refractivity contribution in [3.8, 4) is 0 Å². The van der Waals surface area contributed by atoms with Crippen LogP contribution in [0.5, 0.6) is 0 Å². The van der Waals surface area contributed by atoms with Gasteiger partial charge in [-0.05, 0) is 18.4 Å². The number of nitrogens with zero attached hydrogens (tertiary/aromatic N) is 1. The average Bonchev–Trinajstić information content (AvgIpc) is 2.16. The molecule has 0 fully saturated rings. The lowest BCUT2D eigenvalue weighted by atomic mass is 10.3. The first-order chi connectivity index (χ1) is 5.79. The molecule has 0 aromatic heterocycles. The van der Waals surface area contributed by atoms with E-state index in [1.54, 1.807) is 17.8 Å². The molecule has 0 saturated carbocycles. The van der Waals surface area contributed by atoms with Crippen molar-refractivity contribution in [2.75, 3.05) is 11.3 Å². The largest absolute Gasteiger partial charge is 0.277 e. The van der Waals surface area contributed by atoms with E-state index < -0.39 is 0 Å². The number of amides is 1. The van der Waals surface area contributed by atoms with E-state index >= 15 is 0 Å². The zero-order valence-corrected chi connectivity index (χ0v) is 7.54. The van der Waals surface area contributed by atoms with Crippen LogP contribution in [0.2, 0.25) is 0 Å². The molecule has 1 aromatic rings. The summed E-state index contributed by atoms with van der Waals surface area (Å²) >= 11 is 1.56. The third-order valence-corrected chi connectivity index (χ3v) is 2.26. The van der Waals surface area contributed by atoms with Gasteiger partial charge in [-0.15, -0.1) is 11.8 Å². The molecule has 12 heavy (non-hydrogen) atoms. The van der Waals surface area contributed by atoms with Gasteiger partial charge in [0.15, 0.2) is 0 Å². The quantitative estimate of drug-likeness (QED) is 0.251. The predicted octanol–water partition coefficient (Wildman–Crippen LogP) is 1.24. The number of hydrazine groups is 1. The minimum absolute atomic E-state index is 0.592. The van der Waals surface area contributed by atoms with E-state index in [9.17, 15) is 4.79 Å². The number of para-hydroxylation sites is 1. The van der Waals surface area contributed by atoms with E-state index in [0.29, 0.717) is 6.41 Å². The van der Waals surface area contributed by atoms with E-state index in [-0.39, 0.29) is 0 Å². The number of carbonyl (C=O) groups excluding carboxylic acids is 1. The van der Waals surface area contributed by atoms with Crippen molar-refractivity contribution in [2.45, 2.75) is 4.90 Å². The number of nitrogens with two attached hydrogens (primary N) is 1. The van der Waals surface area contributed by atoms with Crippen LogP contribution >= 0.6 is 11.8 Å². The molecule has 64 valence electrons. The zero-order chi connectivity index (χ0) is 8.97. The number of hydrogen-bond acceptors (Lipinski definition) is 3. The molecule has 0 heterocycles. The molecular weight excluding hydrogens is 172 g/mol. The van der Waals surface area contributed by atoms with Gasteiger partial charge < -0.3 is 0 Å². The Bertz CT molecular complexity index is 278. The summed E-state index contributed by atoms with van der Waals surface area (Å²) in [6.07, 6.45) is 2.53. The van der Waals surface area contributed by atoms with Gasteiger partial charge in [0.25, 0.3) is 0 Å². The van der Waals surface area contributed by atoms with Crippen LogP contribution < -0.4 is 10.9 Å². The third kappa shape index (κ3) is 1.78. The molecule has 2 N–H and O–H groups in total. The average molecular weight is 182 g/mol. The second-order valence-corrected chi connectivity index (χ2v) is 3.03. The molecular formula is C8H10N2OS. The van der Waals surface area contributed by atoms with Gasteiger partial charge in [0.05, 0.1) is 5.69 Å². The highest BCUT2D eigenvalue weighted by Crippen LogP contribution is 2.25. The van der Waals surface area contributed by atoms with Crippen LogP contribution in [0.25, 0.3) is 0 Å². The maximum Gasteiger partial charge on any atom is 0.228 e. The molecule has 0 unspecified atom stereocenters. The highest BCUT2D eigenvalue weighted by Gasteiger charge is 2.03. The Balaban J connectivity index is 3.04. The summed E-state index contributed by atoms with van der Waals surface area (Å²) in [6.45, 7) is 0. The SMILES string of the molecule is CSc1ccccc1N(N)C=O. The van der Waals surface area contributed by atoms with Crippen molar-refractivity contribution in [1.29, 1.82) is 0 Å². The minimum atomic E-state index is 0.592. The van der Waals surface area contributed by atoms with Crippen LogP contribution in [0.3, 0.4) is 0 Å². The van der Waals surface area contributed by atoms with Crippen LogP contribution in [-0.4, -0.2) is 12.7 Å². The molecule has 0 aliphatic heterocycles. The van der Waals surface area contributed by atoms with E-state index in [2.05, 4.69) is 0 Å². The van der Waals surface area contributed by atoms with Crippen LogP contribution in [0.15, 0.2) is 29.2 Å². The fourth-order valence-corrected chi connectivity index (χ4v) is 1.50. The first kappa shape index (κ1) is 9.09. The van der Waals surface area contributed by atoms with Crippen LogP contribution in [0.1, 0.15) is 0 Å². The Morgan fingerprint density at radius 3 is 2.75 bits per heavy atom. The summed E-state index contributed by atoms with van der Waals surface area (Å²) in [6, 6.07) is 7.48. The van der Waals surface area contributed by atoms with Crippen molar-refractivity contribution in [2.24, 2.45) is 5.84 Å². The molecule has 1 rings (SSSR count). The molecule has 3 nitrogen and oxygen atoms in total. The number of benzene rings is 1. The molecule has 0 aliphatic carbocycles. The lowest BCUT2D eigenvalue weighted by molar-refractivity contribution is -0.107. The first-order valence-electron chi connectivity index (χ1n) is 3.42. The van der Waals surface area contributed by atoms with Gasteiger partial charge in [-0.3, -0.25) is 4.79 Å². The van der Waals surface area contributed by atoms with Gasteiger partial charge in [0, 0.05) is 4.90 Å². The normalized spacial score (nSPS) is 9.50. The number of anilines is 1. The molecule has 0 spiro atoms. The molecule has 4 heteroatoms. The van der Waals surface area contributed by atoms with Crippen molar-refractivity contribution >= 4 is 23.9 Å². The standard InChI is InChI=1S/C8H10N2OS/c1-12-8-5-3-2-4-7(8)10(9)6-11/h2-6H,9H2,1H3. The van der Waals surface area contributed by atoms with E-state index in [1.165, 1.54) is 0 Å². The van der Waals surface area contributed by atoms with Crippen LogP contribution in [-0.2, 0) is 4.79 Å². The van der Waals surface area contributed by atoms with Gasteiger partial charge >= 0.3 is 0 Å². The van der Waals surface area contributed by atoms with Gasteiger partial charge in [-0.1, -0.05) is 12.1 Å². The topological polar surface area (TPSA) is 46.3 Å². The fourth-order valence-electron chi connectivity index (χ4n) is 0.900. The van der Waals surface area contributed by atoms with Gasteiger partial charge in [-0.2, -0.15) is 0 Å². The Kier molecular flexibility index (Phi) is 3.13. The zero-order valence-electron chi connectivity index (χ0n) is 6.73. The lowest BCUT2D eigenvalue weighted by Gasteiger charge is -2.13.